The Labute approximate surface area is 147 Å². The van der Waals surface area contributed by atoms with Gasteiger partial charge in [-0.3, -0.25) is 4.79 Å². The van der Waals surface area contributed by atoms with Gasteiger partial charge >= 0.3 is 0 Å². The summed E-state index contributed by atoms with van der Waals surface area (Å²) in [5, 5.41) is 3.55. The first kappa shape index (κ1) is 15.5. The van der Waals surface area contributed by atoms with E-state index in [4.69, 9.17) is 4.42 Å². The topological polar surface area (TPSA) is 45.5 Å². The van der Waals surface area contributed by atoms with Crippen LogP contribution < -0.4 is 5.32 Å². The second kappa shape index (κ2) is 6.13. The van der Waals surface area contributed by atoms with E-state index in [9.17, 15) is 4.79 Å². The molecule has 4 rings (SSSR count). The minimum atomic E-state index is -0.213. The number of nitrogens with one attached hydrogen (secondary N) is 1. The highest BCUT2D eigenvalue weighted by atomic mass is 16.3. The zero-order chi connectivity index (χ0) is 17.4. The number of carbonyl (C=O) groups excluding carboxylic acids is 1. The van der Waals surface area contributed by atoms with Crippen LogP contribution in [0.5, 0.6) is 0 Å². The number of amides is 1. The Morgan fingerprint density at radius 3 is 2.68 bits per heavy atom. The van der Waals surface area contributed by atoms with E-state index in [2.05, 4.69) is 37.4 Å². The highest BCUT2D eigenvalue weighted by Crippen LogP contribution is 2.36. The normalized spacial score (nSPS) is 16.2. The van der Waals surface area contributed by atoms with Crippen LogP contribution in [0.4, 0.5) is 5.69 Å². The summed E-state index contributed by atoms with van der Waals surface area (Å²) < 4.78 is 5.46. The fourth-order valence-electron chi connectivity index (χ4n) is 3.38. The molecule has 3 aromatic rings. The average Bonchev–Trinajstić information content (AvgIpc) is 3.20. The lowest BCUT2D eigenvalue weighted by molar-refractivity contribution is 0.0715. The predicted octanol–water partition coefficient (Wildman–Crippen LogP) is 4.66. The summed E-state index contributed by atoms with van der Waals surface area (Å²) in [6.45, 7) is 4.59. The number of benzene rings is 2. The van der Waals surface area contributed by atoms with Crippen molar-refractivity contribution in [3.05, 3.63) is 88.9 Å². The maximum atomic E-state index is 12.9. The van der Waals surface area contributed by atoms with Crippen molar-refractivity contribution in [2.24, 2.45) is 0 Å². The van der Waals surface area contributed by atoms with Crippen molar-refractivity contribution >= 4 is 11.6 Å². The molecule has 1 aliphatic rings. The first-order valence-electron chi connectivity index (χ1n) is 8.39. The SMILES string of the molecule is Cc1ccc(NC2c3ccccc3C(=O)N2Cc2ccco2)c(C)c1. The Balaban J connectivity index is 1.71. The fraction of sp³-hybridized carbons (Fsp3) is 0.190. The number of carbonyl (C=O) groups is 1. The average molecular weight is 332 g/mol. The van der Waals surface area contributed by atoms with Crippen molar-refractivity contribution in [3.8, 4) is 0 Å². The van der Waals surface area contributed by atoms with E-state index in [0.29, 0.717) is 6.54 Å². The lowest BCUT2D eigenvalue weighted by Crippen LogP contribution is -2.31. The van der Waals surface area contributed by atoms with Gasteiger partial charge in [0.2, 0.25) is 0 Å². The highest BCUT2D eigenvalue weighted by molar-refractivity contribution is 5.99. The molecule has 4 nitrogen and oxygen atoms in total. The summed E-state index contributed by atoms with van der Waals surface area (Å²) in [5.74, 6) is 0.794. The van der Waals surface area contributed by atoms with Gasteiger partial charge < -0.3 is 14.6 Å². The minimum Gasteiger partial charge on any atom is -0.467 e. The molecule has 0 bridgehead atoms. The molecule has 0 saturated heterocycles. The van der Waals surface area contributed by atoms with Gasteiger partial charge in [0.25, 0.3) is 5.91 Å². The van der Waals surface area contributed by atoms with Crippen LogP contribution in [-0.4, -0.2) is 10.8 Å². The summed E-state index contributed by atoms with van der Waals surface area (Å²) in [7, 11) is 0. The molecule has 2 aromatic carbocycles. The number of nitrogens with zero attached hydrogens (tertiary/aromatic N) is 1. The van der Waals surface area contributed by atoms with Crippen LogP contribution in [0.3, 0.4) is 0 Å². The van der Waals surface area contributed by atoms with Crippen LogP contribution in [0, 0.1) is 13.8 Å². The Bertz CT molecular complexity index is 915. The Kier molecular flexibility index (Phi) is 3.80. The van der Waals surface area contributed by atoms with Crippen molar-refractivity contribution in [3.63, 3.8) is 0 Å². The molecule has 1 unspecified atom stereocenters. The maximum absolute atomic E-state index is 12.9. The molecule has 0 saturated carbocycles. The lowest BCUT2D eigenvalue weighted by Gasteiger charge is -2.27. The van der Waals surface area contributed by atoms with Gasteiger partial charge in [-0.05, 0) is 43.7 Å². The molecule has 2 heterocycles. The summed E-state index contributed by atoms with van der Waals surface area (Å²) >= 11 is 0. The van der Waals surface area contributed by atoms with Crippen molar-refractivity contribution < 1.29 is 9.21 Å². The second-order valence-corrected chi connectivity index (χ2v) is 6.46. The molecule has 0 radical (unpaired) electrons. The van der Waals surface area contributed by atoms with Crippen LogP contribution in [0.2, 0.25) is 0 Å². The number of furan rings is 1. The second-order valence-electron chi connectivity index (χ2n) is 6.46. The third-order valence-electron chi connectivity index (χ3n) is 4.64. The quantitative estimate of drug-likeness (QED) is 0.755. The molecule has 1 aliphatic heterocycles. The number of fused-ring (bicyclic) bond motifs is 1. The van der Waals surface area contributed by atoms with Gasteiger partial charge in [0.15, 0.2) is 0 Å². The van der Waals surface area contributed by atoms with Crippen LogP contribution >= 0.6 is 0 Å². The van der Waals surface area contributed by atoms with Gasteiger partial charge in [-0.15, -0.1) is 0 Å². The van der Waals surface area contributed by atoms with E-state index in [1.54, 1.807) is 6.26 Å². The van der Waals surface area contributed by atoms with Gasteiger partial charge in [-0.1, -0.05) is 35.9 Å². The van der Waals surface area contributed by atoms with Crippen LogP contribution in [0.1, 0.15) is 39.0 Å². The van der Waals surface area contributed by atoms with Crippen molar-refractivity contribution in [2.45, 2.75) is 26.6 Å². The van der Waals surface area contributed by atoms with Gasteiger partial charge in [0.1, 0.15) is 11.9 Å². The summed E-state index contributed by atoms with van der Waals surface area (Å²) in [6, 6.07) is 17.8. The molecule has 1 amide bonds. The van der Waals surface area contributed by atoms with Crippen LogP contribution in [0.15, 0.2) is 65.3 Å². The van der Waals surface area contributed by atoms with E-state index < -0.39 is 0 Å². The van der Waals surface area contributed by atoms with E-state index in [1.165, 1.54) is 5.56 Å². The van der Waals surface area contributed by atoms with Gasteiger partial charge in [-0.25, -0.2) is 0 Å². The highest BCUT2D eigenvalue weighted by Gasteiger charge is 2.37. The van der Waals surface area contributed by atoms with Crippen molar-refractivity contribution in [1.29, 1.82) is 0 Å². The molecule has 4 heteroatoms. The zero-order valence-corrected chi connectivity index (χ0v) is 14.3. The van der Waals surface area contributed by atoms with E-state index in [-0.39, 0.29) is 12.1 Å². The smallest absolute Gasteiger partial charge is 0.256 e. The Hall–Kier alpha value is -3.01. The molecule has 1 atom stereocenters. The molecule has 1 aromatic heterocycles. The molecule has 0 fully saturated rings. The molecule has 1 N–H and O–H groups in total. The molecule has 0 aliphatic carbocycles. The van der Waals surface area contributed by atoms with Crippen molar-refractivity contribution in [2.75, 3.05) is 5.32 Å². The van der Waals surface area contributed by atoms with Gasteiger partial charge in [-0.2, -0.15) is 0 Å². The molecular weight excluding hydrogens is 312 g/mol. The molecule has 25 heavy (non-hydrogen) atoms. The minimum absolute atomic E-state index is 0.0225. The summed E-state index contributed by atoms with van der Waals surface area (Å²) in [5.41, 5.74) is 5.16. The number of aryl methyl sites for hydroxylation is 2. The predicted molar refractivity (Wildman–Crippen MR) is 97.3 cm³/mol. The largest absolute Gasteiger partial charge is 0.467 e. The monoisotopic (exact) mass is 332 g/mol. The molecular formula is C21H20N2O2. The Morgan fingerprint density at radius 2 is 1.92 bits per heavy atom. The lowest BCUT2D eigenvalue weighted by atomic mass is 10.1. The summed E-state index contributed by atoms with van der Waals surface area (Å²) in [6.07, 6.45) is 1.42. The van der Waals surface area contributed by atoms with Crippen LogP contribution in [0.25, 0.3) is 0 Å². The third kappa shape index (κ3) is 2.80. The third-order valence-corrected chi connectivity index (χ3v) is 4.64. The number of rotatable bonds is 4. The summed E-state index contributed by atoms with van der Waals surface area (Å²) in [4.78, 5) is 14.7. The first-order valence-corrected chi connectivity index (χ1v) is 8.39. The van der Waals surface area contributed by atoms with Gasteiger partial charge in [0.05, 0.1) is 12.8 Å². The first-order chi connectivity index (χ1) is 12.1. The molecule has 126 valence electrons. The van der Waals surface area contributed by atoms with Gasteiger partial charge in [0, 0.05) is 16.8 Å². The fourth-order valence-corrected chi connectivity index (χ4v) is 3.38. The Morgan fingerprint density at radius 1 is 1.08 bits per heavy atom. The number of anilines is 1. The number of hydrogen-bond acceptors (Lipinski definition) is 3. The number of hydrogen-bond donors (Lipinski definition) is 1. The zero-order valence-electron chi connectivity index (χ0n) is 14.3. The van der Waals surface area contributed by atoms with E-state index >= 15 is 0 Å². The molecule has 0 spiro atoms. The standard InChI is InChI=1S/C21H20N2O2/c1-14-9-10-19(15(2)12-14)22-20-17-7-3-4-8-18(17)21(24)23(20)13-16-6-5-11-25-16/h3-12,20,22H,13H2,1-2H3. The van der Waals surface area contributed by atoms with E-state index in [1.807, 2.05) is 41.3 Å². The van der Waals surface area contributed by atoms with Crippen molar-refractivity contribution in [1.82, 2.24) is 4.90 Å². The maximum Gasteiger partial charge on any atom is 0.256 e. The van der Waals surface area contributed by atoms with Crippen LogP contribution in [-0.2, 0) is 6.54 Å². The van der Waals surface area contributed by atoms with E-state index in [0.717, 1.165) is 28.1 Å².